The number of rotatable bonds is 3. The van der Waals surface area contributed by atoms with Crippen molar-refractivity contribution in [1.82, 2.24) is 0 Å². The van der Waals surface area contributed by atoms with Crippen molar-refractivity contribution in [2.24, 2.45) is 16.8 Å². The van der Waals surface area contributed by atoms with Gasteiger partial charge in [-0.2, -0.15) is 0 Å². The summed E-state index contributed by atoms with van der Waals surface area (Å²) < 4.78 is 11.1. The van der Waals surface area contributed by atoms with Crippen LogP contribution in [0.3, 0.4) is 0 Å². The van der Waals surface area contributed by atoms with Crippen LogP contribution in [-0.4, -0.2) is 40.5 Å². The molecule has 0 radical (unpaired) electrons. The zero-order chi connectivity index (χ0) is 13.3. The highest BCUT2D eigenvalue weighted by atomic mass is 79.9. The number of aliphatic imine (C=N–C) groups is 1. The van der Waals surface area contributed by atoms with Gasteiger partial charge in [0.1, 0.15) is 12.0 Å². The predicted octanol–water partition coefficient (Wildman–Crippen LogP) is 2.46. The molecule has 5 atom stereocenters. The van der Waals surface area contributed by atoms with Crippen LogP contribution in [0.2, 0.25) is 0 Å². The lowest BCUT2D eigenvalue weighted by Crippen LogP contribution is -2.47. The Kier molecular flexibility index (Phi) is 4.72. The number of esters is 1. The van der Waals surface area contributed by atoms with Crippen molar-refractivity contribution in [1.29, 1.82) is 0 Å². The van der Waals surface area contributed by atoms with E-state index < -0.39 is 0 Å². The van der Waals surface area contributed by atoms with Gasteiger partial charge in [0, 0.05) is 6.92 Å². The van der Waals surface area contributed by atoms with E-state index in [1.165, 1.54) is 6.92 Å². The number of carbonyl (C=O) groups excluding carboxylic acids is 1. The second kappa shape index (κ2) is 5.92. The van der Waals surface area contributed by atoms with Crippen LogP contribution in [0.25, 0.3) is 0 Å². The Bertz CT molecular complexity index is 363. The number of alkyl halides is 1. The molecule has 2 heterocycles. The third kappa shape index (κ3) is 2.91. The molecular weight excluding hydrogens is 318 g/mol. The maximum atomic E-state index is 10.9. The number of hydrogen-bond acceptors (Lipinski definition) is 5. The summed E-state index contributed by atoms with van der Waals surface area (Å²) in [7, 11) is 0. The van der Waals surface area contributed by atoms with E-state index in [4.69, 9.17) is 9.47 Å². The largest absolute Gasteiger partial charge is 0.463 e. The molecule has 0 unspecified atom stereocenters. The Balaban J connectivity index is 2.01. The fourth-order valence-electron chi connectivity index (χ4n) is 2.34. The molecule has 0 N–H and O–H groups in total. The first-order chi connectivity index (χ1) is 8.52. The molecule has 0 amide bonds. The smallest absolute Gasteiger partial charge is 0.302 e. The Morgan fingerprint density at radius 2 is 2.22 bits per heavy atom. The summed E-state index contributed by atoms with van der Waals surface area (Å²) in [5.74, 6) is 0.523. The normalized spacial score (nSPS) is 39.1. The predicted molar refractivity (Wildman–Crippen MR) is 76.2 cm³/mol. The lowest BCUT2D eigenvalue weighted by molar-refractivity contribution is -0.152. The van der Waals surface area contributed by atoms with Crippen LogP contribution in [-0.2, 0) is 14.3 Å². The van der Waals surface area contributed by atoms with Crippen molar-refractivity contribution in [2.45, 2.75) is 38.4 Å². The van der Waals surface area contributed by atoms with Gasteiger partial charge in [-0.3, -0.25) is 9.79 Å². The number of fused-ring (bicyclic) bond motifs is 1. The summed E-state index contributed by atoms with van der Waals surface area (Å²) >= 11 is 5.11. The number of ether oxygens (including phenoxy) is 2. The van der Waals surface area contributed by atoms with Gasteiger partial charge in [0.25, 0.3) is 0 Å². The van der Waals surface area contributed by atoms with E-state index in [0.29, 0.717) is 18.4 Å². The monoisotopic (exact) mass is 335 g/mol. The second-order valence-electron chi connectivity index (χ2n) is 4.83. The van der Waals surface area contributed by atoms with Crippen molar-refractivity contribution >= 4 is 38.7 Å². The van der Waals surface area contributed by atoms with Crippen LogP contribution in [0.1, 0.15) is 20.8 Å². The Morgan fingerprint density at radius 3 is 2.83 bits per heavy atom. The van der Waals surface area contributed by atoms with E-state index in [0.717, 1.165) is 10.4 Å². The van der Waals surface area contributed by atoms with Gasteiger partial charge in [-0.1, -0.05) is 41.5 Å². The lowest BCUT2D eigenvalue weighted by atomic mass is 9.83. The first-order valence-electron chi connectivity index (χ1n) is 6.11. The molecule has 0 spiro atoms. The number of nitrogens with zero attached hydrogens (tertiary/aromatic N) is 1. The minimum absolute atomic E-state index is 0.0254. The first-order valence-corrected chi connectivity index (χ1v) is 8.11. The molecule has 0 aromatic heterocycles. The van der Waals surface area contributed by atoms with E-state index in [-0.39, 0.29) is 23.6 Å². The molecule has 4 nitrogen and oxygen atoms in total. The standard InChI is InChI=1S/C12H18BrNO3S/c1-6-7(2)11-12(18-10(4-13)14-11)17-9(6)5-16-8(3)15/h6-7,9,11-12H,4-5H2,1-3H3/t6-,7-,9+,11+,12+/m0/s1. The van der Waals surface area contributed by atoms with Gasteiger partial charge in [0.2, 0.25) is 0 Å². The van der Waals surface area contributed by atoms with E-state index in [9.17, 15) is 4.79 Å². The van der Waals surface area contributed by atoms with E-state index in [1.807, 2.05) is 0 Å². The van der Waals surface area contributed by atoms with Crippen molar-refractivity contribution < 1.29 is 14.3 Å². The molecule has 18 heavy (non-hydrogen) atoms. The van der Waals surface area contributed by atoms with Crippen LogP contribution in [0.5, 0.6) is 0 Å². The summed E-state index contributed by atoms with van der Waals surface area (Å²) in [5, 5.41) is 1.88. The van der Waals surface area contributed by atoms with Crippen molar-refractivity contribution in [3.8, 4) is 0 Å². The van der Waals surface area contributed by atoms with Crippen LogP contribution >= 0.6 is 27.7 Å². The molecule has 2 rings (SSSR count). The zero-order valence-corrected chi connectivity index (χ0v) is 13.2. The van der Waals surface area contributed by atoms with Crippen LogP contribution in [0.15, 0.2) is 4.99 Å². The molecular formula is C12H18BrNO3S. The maximum Gasteiger partial charge on any atom is 0.302 e. The average molecular weight is 336 g/mol. The number of hydrogen-bond donors (Lipinski definition) is 0. The quantitative estimate of drug-likeness (QED) is 0.587. The van der Waals surface area contributed by atoms with E-state index >= 15 is 0 Å². The van der Waals surface area contributed by atoms with Crippen molar-refractivity contribution in [3.63, 3.8) is 0 Å². The SMILES string of the molecule is CC(=O)OC[C@H]1O[C@@H]2SC(CBr)=N[C@@H]2[C@@H](C)[C@@H]1C. The topological polar surface area (TPSA) is 47.9 Å². The highest BCUT2D eigenvalue weighted by molar-refractivity contribution is 9.09. The fraction of sp³-hybridized carbons (Fsp3) is 0.833. The molecule has 102 valence electrons. The molecule has 1 fully saturated rings. The Hall–Kier alpha value is -0.0700. The fourth-order valence-corrected chi connectivity index (χ4v) is 4.04. The highest BCUT2D eigenvalue weighted by Gasteiger charge is 2.45. The van der Waals surface area contributed by atoms with Gasteiger partial charge in [-0.25, -0.2) is 0 Å². The summed E-state index contributed by atoms with van der Waals surface area (Å²) in [5.41, 5.74) is 0.0734. The van der Waals surface area contributed by atoms with Gasteiger partial charge in [0.05, 0.1) is 22.5 Å². The summed E-state index contributed by atoms with van der Waals surface area (Å²) in [6.07, 6.45) is -0.0254. The molecule has 2 aliphatic rings. The summed E-state index contributed by atoms with van der Waals surface area (Å²) in [4.78, 5) is 15.6. The highest BCUT2D eigenvalue weighted by Crippen LogP contribution is 2.42. The minimum atomic E-state index is -0.253. The number of halogens is 1. The Morgan fingerprint density at radius 1 is 1.50 bits per heavy atom. The summed E-state index contributed by atoms with van der Waals surface area (Å²) in [6, 6.07) is 0.228. The van der Waals surface area contributed by atoms with Crippen LogP contribution in [0, 0.1) is 11.8 Å². The van der Waals surface area contributed by atoms with Crippen molar-refractivity contribution in [3.05, 3.63) is 0 Å². The van der Waals surface area contributed by atoms with E-state index in [2.05, 4.69) is 34.8 Å². The van der Waals surface area contributed by atoms with Gasteiger partial charge in [-0.05, 0) is 11.8 Å². The molecule has 0 aromatic rings. The average Bonchev–Trinajstić information content (AvgIpc) is 2.75. The van der Waals surface area contributed by atoms with E-state index in [1.54, 1.807) is 11.8 Å². The maximum absolute atomic E-state index is 10.9. The van der Waals surface area contributed by atoms with Gasteiger partial charge in [-0.15, -0.1) is 0 Å². The molecule has 2 aliphatic heterocycles. The molecule has 0 saturated carbocycles. The molecule has 0 aromatic carbocycles. The third-order valence-electron chi connectivity index (χ3n) is 3.65. The van der Waals surface area contributed by atoms with Gasteiger partial charge >= 0.3 is 5.97 Å². The summed E-state index contributed by atoms with van der Waals surface area (Å²) in [6.45, 7) is 6.11. The second-order valence-corrected chi connectivity index (χ2v) is 6.56. The van der Waals surface area contributed by atoms with Gasteiger partial charge in [0.15, 0.2) is 0 Å². The number of carbonyl (C=O) groups is 1. The molecule has 0 aliphatic carbocycles. The lowest BCUT2D eigenvalue weighted by Gasteiger charge is -2.40. The van der Waals surface area contributed by atoms with Gasteiger partial charge < -0.3 is 9.47 Å². The van der Waals surface area contributed by atoms with Crippen LogP contribution in [0.4, 0.5) is 0 Å². The van der Waals surface area contributed by atoms with Crippen molar-refractivity contribution in [2.75, 3.05) is 11.9 Å². The molecule has 0 bridgehead atoms. The minimum Gasteiger partial charge on any atom is -0.463 e. The third-order valence-corrected chi connectivity index (χ3v) is 5.70. The Labute approximate surface area is 120 Å². The number of thioether (sulfide) groups is 1. The molecule has 6 heteroatoms. The molecule has 1 saturated heterocycles. The van der Waals surface area contributed by atoms with Crippen LogP contribution < -0.4 is 0 Å². The zero-order valence-electron chi connectivity index (χ0n) is 10.8. The first kappa shape index (κ1) is 14.3.